The molecule has 0 saturated carbocycles. The van der Waals surface area contributed by atoms with Gasteiger partial charge < -0.3 is 10.2 Å². The van der Waals surface area contributed by atoms with Crippen molar-refractivity contribution < 1.29 is 4.79 Å². The molecule has 1 aromatic carbocycles. The third-order valence-electron chi connectivity index (χ3n) is 5.74. The number of imidazole rings is 1. The topological polar surface area (TPSA) is 75.9 Å². The van der Waals surface area contributed by atoms with Crippen LogP contribution in [0.1, 0.15) is 44.0 Å². The third-order valence-corrected chi connectivity index (χ3v) is 5.74. The normalized spacial score (nSPS) is 14.9. The van der Waals surface area contributed by atoms with E-state index in [-0.39, 0.29) is 11.8 Å². The number of carbonyl (C=O) groups is 1. The molecule has 1 aliphatic rings. The lowest BCUT2D eigenvalue weighted by molar-refractivity contribution is -0.120. The van der Waals surface area contributed by atoms with Crippen LogP contribution >= 0.6 is 0 Å². The van der Waals surface area contributed by atoms with Gasteiger partial charge in [-0.2, -0.15) is 0 Å². The van der Waals surface area contributed by atoms with E-state index in [9.17, 15) is 4.79 Å². The molecule has 0 bridgehead atoms. The molecule has 4 rings (SSSR count). The first-order valence-corrected chi connectivity index (χ1v) is 10.5. The van der Waals surface area contributed by atoms with Gasteiger partial charge in [-0.1, -0.05) is 32.0 Å². The number of hydrogen-bond acceptors (Lipinski definition) is 5. The highest BCUT2D eigenvalue weighted by Gasteiger charge is 2.26. The highest BCUT2D eigenvalue weighted by atomic mass is 16.1. The number of nitrogens with zero attached hydrogens (tertiary/aromatic N) is 5. The number of para-hydroxylation sites is 1. The van der Waals surface area contributed by atoms with E-state index in [0.29, 0.717) is 5.92 Å². The minimum absolute atomic E-state index is 0.0127. The number of amides is 1. The number of benzene rings is 1. The fourth-order valence-corrected chi connectivity index (χ4v) is 3.98. The van der Waals surface area contributed by atoms with E-state index in [0.717, 1.165) is 49.1 Å². The predicted octanol–water partition coefficient (Wildman–Crippen LogP) is 3.95. The van der Waals surface area contributed by atoms with E-state index < -0.39 is 0 Å². The van der Waals surface area contributed by atoms with Crippen LogP contribution in [0.2, 0.25) is 0 Å². The smallest absolute Gasteiger partial charge is 0.227 e. The van der Waals surface area contributed by atoms with E-state index in [4.69, 9.17) is 0 Å². The van der Waals surface area contributed by atoms with Crippen molar-refractivity contribution >= 4 is 17.4 Å². The number of nitrogens with one attached hydrogen (secondary N) is 1. The molecule has 1 saturated heterocycles. The summed E-state index contributed by atoms with van der Waals surface area (Å²) in [4.78, 5) is 28.2. The van der Waals surface area contributed by atoms with Gasteiger partial charge in [0.1, 0.15) is 23.8 Å². The van der Waals surface area contributed by atoms with Crippen LogP contribution in [0.4, 0.5) is 11.5 Å². The third kappa shape index (κ3) is 4.20. The summed E-state index contributed by atoms with van der Waals surface area (Å²) in [5, 5.41) is 3.16. The molecule has 0 radical (unpaired) electrons. The van der Waals surface area contributed by atoms with Crippen molar-refractivity contribution in [2.45, 2.75) is 39.5 Å². The molecule has 30 heavy (non-hydrogen) atoms. The molecule has 0 aliphatic carbocycles. The van der Waals surface area contributed by atoms with Crippen molar-refractivity contribution in [3.8, 4) is 5.82 Å². The summed E-state index contributed by atoms with van der Waals surface area (Å²) in [5.41, 5.74) is 2.10. The zero-order valence-corrected chi connectivity index (χ0v) is 17.7. The van der Waals surface area contributed by atoms with Crippen molar-refractivity contribution in [1.29, 1.82) is 0 Å². The highest BCUT2D eigenvalue weighted by molar-refractivity contribution is 5.93. The minimum Gasteiger partial charge on any atom is -0.356 e. The largest absolute Gasteiger partial charge is 0.356 e. The van der Waals surface area contributed by atoms with Gasteiger partial charge in [0.2, 0.25) is 5.91 Å². The summed E-state index contributed by atoms with van der Waals surface area (Å²) in [7, 11) is 0. The van der Waals surface area contributed by atoms with Crippen LogP contribution in [0.25, 0.3) is 5.82 Å². The lowest BCUT2D eigenvalue weighted by Gasteiger charge is -2.32. The van der Waals surface area contributed by atoms with Crippen molar-refractivity contribution in [2.75, 3.05) is 23.3 Å². The summed E-state index contributed by atoms with van der Waals surface area (Å²) in [6, 6.07) is 10.0. The minimum atomic E-state index is 0.0127. The molecular weight excluding hydrogens is 376 g/mol. The quantitative estimate of drug-likeness (QED) is 0.697. The standard InChI is InChI=1S/C23H28N6O/c1-16(2)19-6-4-5-7-20(19)27-23(30)18-8-11-28(12-9-18)21-14-22(26-15-25-21)29-13-10-24-17(29)3/h4-7,10,13-16,18H,8-9,11-12H2,1-3H3,(H,27,30). The van der Waals surface area contributed by atoms with Gasteiger partial charge in [0, 0.05) is 43.2 Å². The Bertz CT molecular complexity index is 1020. The van der Waals surface area contributed by atoms with Crippen LogP contribution in [0.3, 0.4) is 0 Å². The van der Waals surface area contributed by atoms with Crippen molar-refractivity contribution in [1.82, 2.24) is 19.5 Å². The van der Waals surface area contributed by atoms with Gasteiger partial charge >= 0.3 is 0 Å². The average Bonchev–Trinajstić information content (AvgIpc) is 3.20. The van der Waals surface area contributed by atoms with Gasteiger partial charge in [-0.3, -0.25) is 9.36 Å². The zero-order valence-electron chi connectivity index (χ0n) is 17.7. The van der Waals surface area contributed by atoms with Crippen LogP contribution in [-0.4, -0.2) is 38.5 Å². The Morgan fingerprint density at radius 1 is 1.10 bits per heavy atom. The monoisotopic (exact) mass is 404 g/mol. The maximum absolute atomic E-state index is 12.9. The fourth-order valence-electron chi connectivity index (χ4n) is 3.98. The molecule has 0 unspecified atom stereocenters. The average molecular weight is 405 g/mol. The molecule has 1 amide bonds. The second-order valence-corrected chi connectivity index (χ2v) is 8.07. The zero-order chi connectivity index (χ0) is 21.1. The molecule has 2 aromatic heterocycles. The molecule has 7 nitrogen and oxygen atoms in total. The maximum atomic E-state index is 12.9. The van der Waals surface area contributed by atoms with E-state index >= 15 is 0 Å². The molecule has 3 aromatic rings. The van der Waals surface area contributed by atoms with Gasteiger partial charge in [0.15, 0.2) is 0 Å². The first kappa shape index (κ1) is 20.1. The first-order chi connectivity index (χ1) is 14.5. The van der Waals surface area contributed by atoms with Crippen LogP contribution in [0.5, 0.6) is 0 Å². The summed E-state index contributed by atoms with van der Waals surface area (Å²) in [6.45, 7) is 7.82. The Morgan fingerprint density at radius 3 is 2.53 bits per heavy atom. The summed E-state index contributed by atoms with van der Waals surface area (Å²) >= 11 is 0. The Hall–Kier alpha value is -3.22. The Labute approximate surface area is 177 Å². The second kappa shape index (κ2) is 8.65. The number of carbonyl (C=O) groups excluding carboxylic acids is 1. The van der Waals surface area contributed by atoms with Crippen molar-refractivity contribution in [2.24, 2.45) is 5.92 Å². The lowest BCUT2D eigenvalue weighted by Crippen LogP contribution is -2.38. The Balaban J connectivity index is 1.40. The van der Waals surface area contributed by atoms with Gasteiger partial charge in [0.25, 0.3) is 0 Å². The summed E-state index contributed by atoms with van der Waals surface area (Å²) < 4.78 is 1.94. The number of hydrogen-bond donors (Lipinski definition) is 1. The number of rotatable bonds is 5. The summed E-state index contributed by atoms with van der Waals surface area (Å²) in [5.74, 6) is 3.07. The SMILES string of the molecule is Cc1nccn1-c1cc(N2CCC(C(=O)Nc3ccccc3C(C)C)CC2)ncn1. The number of piperidine rings is 1. The van der Waals surface area contributed by atoms with Gasteiger partial charge in [-0.25, -0.2) is 15.0 Å². The second-order valence-electron chi connectivity index (χ2n) is 8.07. The molecular formula is C23H28N6O. The maximum Gasteiger partial charge on any atom is 0.227 e. The number of anilines is 2. The van der Waals surface area contributed by atoms with Gasteiger partial charge in [-0.05, 0) is 37.3 Å². The molecule has 0 spiro atoms. The van der Waals surface area contributed by atoms with Crippen LogP contribution in [-0.2, 0) is 4.79 Å². The molecule has 1 aliphatic heterocycles. The van der Waals surface area contributed by atoms with Crippen molar-refractivity contribution in [3.05, 3.63) is 60.4 Å². The fraction of sp³-hybridized carbons (Fsp3) is 0.391. The van der Waals surface area contributed by atoms with Crippen LogP contribution in [0.15, 0.2) is 49.1 Å². The van der Waals surface area contributed by atoms with Gasteiger partial charge in [0.05, 0.1) is 0 Å². The number of aromatic nitrogens is 4. The predicted molar refractivity (Wildman–Crippen MR) is 118 cm³/mol. The van der Waals surface area contributed by atoms with Crippen LogP contribution < -0.4 is 10.2 Å². The molecule has 7 heteroatoms. The Kier molecular flexibility index (Phi) is 5.79. The lowest BCUT2D eigenvalue weighted by atomic mass is 9.95. The molecule has 1 N–H and O–H groups in total. The highest BCUT2D eigenvalue weighted by Crippen LogP contribution is 2.27. The molecule has 0 atom stereocenters. The van der Waals surface area contributed by atoms with E-state index in [1.807, 2.05) is 42.0 Å². The summed E-state index contributed by atoms with van der Waals surface area (Å²) in [6.07, 6.45) is 6.86. The number of aryl methyl sites for hydroxylation is 1. The van der Waals surface area contributed by atoms with Crippen LogP contribution in [0, 0.1) is 12.8 Å². The van der Waals surface area contributed by atoms with E-state index in [2.05, 4.69) is 45.1 Å². The van der Waals surface area contributed by atoms with E-state index in [1.54, 1.807) is 12.5 Å². The van der Waals surface area contributed by atoms with Gasteiger partial charge in [-0.15, -0.1) is 0 Å². The Morgan fingerprint density at radius 2 is 1.83 bits per heavy atom. The molecule has 1 fully saturated rings. The van der Waals surface area contributed by atoms with Crippen molar-refractivity contribution in [3.63, 3.8) is 0 Å². The molecule has 156 valence electrons. The first-order valence-electron chi connectivity index (χ1n) is 10.5. The van der Waals surface area contributed by atoms with E-state index in [1.165, 1.54) is 5.56 Å². The molecule has 3 heterocycles.